The number of rotatable bonds is 4. The maximum absolute atomic E-state index is 11.2. The number of hydrogen-bond acceptors (Lipinski definition) is 5. The van der Waals surface area contributed by atoms with Crippen molar-refractivity contribution in [1.82, 2.24) is 4.98 Å². The Balaban J connectivity index is 1.41. The van der Waals surface area contributed by atoms with Crippen LogP contribution in [0.2, 0.25) is 0 Å². The van der Waals surface area contributed by atoms with E-state index in [4.69, 9.17) is 5.14 Å². The molecule has 1 aromatic heterocycles. The van der Waals surface area contributed by atoms with Crippen LogP contribution in [0.4, 0.5) is 5.13 Å². The van der Waals surface area contributed by atoms with E-state index in [0.29, 0.717) is 17.0 Å². The summed E-state index contributed by atoms with van der Waals surface area (Å²) in [6.07, 6.45) is 2.47. The molecule has 2 aromatic rings. The van der Waals surface area contributed by atoms with Gasteiger partial charge in [-0.25, -0.2) is 18.5 Å². The number of benzene rings is 1. The highest BCUT2D eigenvalue weighted by Gasteiger charge is 2.54. The molecule has 0 spiro atoms. The molecule has 1 saturated carbocycles. The van der Waals surface area contributed by atoms with Crippen LogP contribution in [0.25, 0.3) is 0 Å². The third-order valence-electron chi connectivity index (χ3n) is 4.46. The van der Waals surface area contributed by atoms with Gasteiger partial charge in [-0.2, -0.15) is 0 Å². The average Bonchev–Trinajstić information content (AvgIpc) is 2.83. The molecule has 7 heteroatoms. The van der Waals surface area contributed by atoms with Crippen molar-refractivity contribution in [1.29, 1.82) is 0 Å². The number of thiazole rings is 1. The fourth-order valence-electron chi connectivity index (χ4n) is 3.44. The van der Waals surface area contributed by atoms with Gasteiger partial charge in [0.25, 0.3) is 0 Å². The van der Waals surface area contributed by atoms with Gasteiger partial charge in [-0.15, -0.1) is 0 Å². The van der Waals surface area contributed by atoms with E-state index in [1.54, 1.807) is 0 Å². The van der Waals surface area contributed by atoms with E-state index in [1.165, 1.54) is 17.3 Å². The Hall–Kier alpha value is -1.44. The Morgan fingerprint density at radius 3 is 2.95 bits per heavy atom. The van der Waals surface area contributed by atoms with Gasteiger partial charge in [-0.1, -0.05) is 35.6 Å². The summed E-state index contributed by atoms with van der Waals surface area (Å²) in [5, 5.41) is 8.95. The van der Waals surface area contributed by atoms with Crippen LogP contribution < -0.4 is 10.5 Å². The van der Waals surface area contributed by atoms with Crippen LogP contribution in [0.1, 0.15) is 17.0 Å². The summed E-state index contributed by atoms with van der Waals surface area (Å²) in [5.74, 6) is 2.01. The Kier molecular flexibility index (Phi) is 2.85. The first-order valence-electron chi connectivity index (χ1n) is 6.84. The topological polar surface area (TPSA) is 85.1 Å². The zero-order valence-electron chi connectivity index (χ0n) is 11.2. The third kappa shape index (κ3) is 2.25. The van der Waals surface area contributed by atoms with E-state index in [2.05, 4.69) is 34.6 Å². The van der Waals surface area contributed by atoms with Crippen LogP contribution in [0.3, 0.4) is 0 Å². The molecular weight excluding hydrogens is 306 g/mol. The van der Waals surface area contributed by atoms with Gasteiger partial charge in [0, 0.05) is 6.54 Å². The largest absolute Gasteiger partial charge is 0.361 e. The highest BCUT2D eigenvalue weighted by molar-refractivity contribution is 7.91. The summed E-state index contributed by atoms with van der Waals surface area (Å²) in [4.78, 5) is 4.07. The summed E-state index contributed by atoms with van der Waals surface area (Å²) in [6, 6.07) is 8.64. The molecule has 0 aliphatic heterocycles. The van der Waals surface area contributed by atoms with Crippen LogP contribution >= 0.6 is 11.3 Å². The summed E-state index contributed by atoms with van der Waals surface area (Å²) in [6.45, 7) is 0.835. The molecule has 1 aromatic carbocycles. The van der Waals surface area contributed by atoms with Crippen LogP contribution in [-0.2, 0) is 16.4 Å². The van der Waals surface area contributed by atoms with Gasteiger partial charge >= 0.3 is 0 Å². The first kappa shape index (κ1) is 13.2. The molecule has 3 atom stereocenters. The number of primary sulfonamides is 1. The van der Waals surface area contributed by atoms with E-state index in [1.807, 2.05) is 0 Å². The van der Waals surface area contributed by atoms with Crippen molar-refractivity contribution < 1.29 is 8.42 Å². The van der Waals surface area contributed by atoms with Crippen molar-refractivity contribution in [3.05, 3.63) is 41.6 Å². The van der Waals surface area contributed by atoms with Gasteiger partial charge < -0.3 is 5.32 Å². The predicted molar refractivity (Wildman–Crippen MR) is 81.8 cm³/mol. The molecule has 0 saturated heterocycles. The third-order valence-corrected chi connectivity index (χ3v) is 6.82. The quantitative estimate of drug-likeness (QED) is 0.899. The standard InChI is InChI=1S/C14H15N3O2S2/c15-21(18,19)12-7-17-14(20-12)16-6-11-10-5-8-3-1-2-4-9(8)13(10)11/h1-4,7,10-11,13H,5-6H2,(H,16,17)(H2,15,18,19). The molecular formula is C14H15N3O2S2. The van der Waals surface area contributed by atoms with Crippen LogP contribution in [0.5, 0.6) is 0 Å². The minimum atomic E-state index is -3.64. The SMILES string of the molecule is NS(=O)(=O)c1cnc(NCC2C3Cc4ccccc4C23)s1. The molecule has 2 aliphatic carbocycles. The highest BCUT2D eigenvalue weighted by Crippen LogP contribution is 2.61. The second kappa shape index (κ2) is 4.53. The number of anilines is 1. The molecule has 0 radical (unpaired) electrons. The Bertz CT molecular complexity index is 800. The molecule has 3 unspecified atom stereocenters. The van der Waals surface area contributed by atoms with Gasteiger partial charge in [0.1, 0.15) is 0 Å². The van der Waals surface area contributed by atoms with Gasteiger partial charge in [0.2, 0.25) is 10.0 Å². The summed E-state index contributed by atoms with van der Waals surface area (Å²) >= 11 is 1.09. The molecule has 1 fully saturated rings. The maximum Gasteiger partial charge on any atom is 0.249 e. The van der Waals surface area contributed by atoms with Crippen molar-refractivity contribution >= 4 is 26.5 Å². The number of nitrogens with zero attached hydrogens (tertiary/aromatic N) is 1. The minimum Gasteiger partial charge on any atom is -0.361 e. The lowest BCUT2D eigenvalue weighted by atomic mass is 10.0. The van der Waals surface area contributed by atoms with Crippen molar-refractivity contribution in [2.24, 2.45) is 17.0 Å². The fourth-order valence-corrected chi connectivity index (χ4v) is 4.90. The molecule has 1 heterocycles. The van der Waals surface area contributed by atoms with Crippen LogP contribution in [0, 0.1) is 11.8 Å². The Labute approximate surface area is 127 Å². The molecule has 21 heavy (non-hydrogen) atoms. The molecule has 5 nitrogen and oxygen atoms in total. The Morgan fingerprint density at radius 1 is 1.38 bits per heavy atom. The maximum atomic E-state index is 11.2. The summed E-state index contributed by atoms with van der Waals surface area (Å²) in [7, 11) is -3.64. The smallest absolute Gasteiger partial charge is 0.249 e. The van der Waals surface area contributed by atoms with E-state index in [9.17, 15) is 8.42 Å². The first-order valence-corrected chi connectivity index (χ1v) is 9.20. The van der Waals surface area contributed by atoms with Gasteiger partial charge in [0.05, 0.1) is 6.20 Å². The number of nitrogens with one attached hydrogen (secondary N) is 1. The monoisotopic (exact) mass is 321 g/mol. The van der Waals surface area contributed by atoms with Crippen molar-refractivity contribution in [2.45, 2.75) is 16.5 Å². The number of fused-ring (bicyclic) bond motifs is 3. The fraction of sp³-hybridized carbons (Fsp3) is 0.357. The normalized spacial score (nSPS) is 26.2. The van der Waals surface area contributed by atoms with Crippen molar-refractivity contribution in [2.75, 3.05) is 11.9 Å². The van der Waals surface area contributed by atoms with E-state index in [-0.39, 0.29) is 4.21 Å². The number of sulfonamides is 1. The average molecular weight is 321 g/mol. The number of hydrogen-bond donors (Lipinski definition) is 2. The van der Waals surface area contributed by atoms with Crippen molar-refractivity contribution in [3.63, 3.8) is 0 Å². The van der Waals surface area contributed by atoms with Gasteiger partial charge in [-0.3, -0.25) is 0 Å². The molecule has 110 valence electrons. The first-order chi connectivity index (χ1) is 10.0. The minimum absolute atomic E-state index is 0.103. The molecule has 0 amide bonds. The second-order valence-electron chi connectivity index (χ2n) is 5.67. The molecule has 2 aliphatic rings. The zero-order valence-corrected chi connectivity index (χ0v) is 12.8. The van der Waals surface area contributed by atoms with Gasteiger partial charge in [-0.05, 0) is 35.3 Å². The summed E-state index contributed by atoms with van der Waals surface area (Å²) in [5.41, 5.74) is 2.97. The zero-order chi connectivity index (χ0) is 14.6. The van der Waals surface area contributed by atoms with Crippen LogP contribution in [-0.4, -0.2) is 19.9 Å². The summed E-state index contributed by atoms with van der Waals surface area (Å²) < 4.78 is 22.5. The lowest BCUT2D eigenvalue weighted by Crippen LogP contribution is -2.10. The van der Waals surface area contributed by atoms with Gasteiger partial charge in [0.15, 0.2) is 9.34 Å². The van der Waals surface area contributed by atoms with E-state index in [0.717, 1.165) is 30.2 Å². The lowest BCUT2D eigenvalue weighted by molar-refractivity contribution is 0.599. The Morgan fingerprint density at radius 2 is 2.19 bits per heavy atom. The number of nitrogens with two attached hydrogens (primary N) is 1. The predicted octanol–water partition coefficient (Wildman–Crippen LogP) is 1.79. The second-order valence-corrected chi connectivity index (χ2v) is 8.49. The van der Waals surface area contributed by atoms with Crippen LogP contribution in [0.15, 0.2) is 34.7 Å². The van der Waals surface area contributed by atoms with Crippen molar-refractivity contribution in [3.8, 4) is 0 Å². The lowest BCUT2D eigenvalue weighted by Gasteiger charge is -2.07. The molecule has 3 N–H and O–H groups in total. The van der Waals surface area contributed by atoms with E-state index >= 15 is 0 Å². The number of aromatic nitrogens is 1. The molecule has 4 rings (SSSR count). The highest BCUT2D eigenvalue weighted by atomic mass is 32.2. The van der Waals surface area contributed by atoms with E-state index < -0.39 is 10.0 Å². The molecule has 0 bridgehead atoms.